The van der Waals surface area contributed by atoms with E-state index >= 15 is 0 Å². The number of hydrogen-bond donors (Lipinski definition) is 2. The van der Waals surface area contributed by atoms with Crippen molar-refractivity contribution in [3.05, 3.63) is 34.4 Å². The fourth-order valence-corrected chi connectivity index (χ4v) is 1.16. The second kappa shape index (κ2) is 5.99. The summed E-state index contributed by atoms with van der Waals surface area (Å²) in [6.07, 6.45) is -5.08. The Balaban J connectivity index is 2.57. The molecule has 2 N–H and O–H groups in total. The van der Waals surface area contributed by atoms with Crippen LogP contribution in [0.1, 0.15) is 0 Å². The quantitative estimate of drug-likeness (QED) is 0.643. The fourth-order valence-electron chi connectivity index (χ4n) is 1.16. The molecule has 10 heteroatoms. The van der Waals surface area contributed by atoms with E-state index in [4.69, 9.17) is 0 Å². The van der Waals surface area contributed by atoms with E-state index in [9.17, 15) is 32.9 Å². The number of non-ortho nitro benzene ring substituents is 1. The van der Waals surface area contributed by atoms with Gasteiger partial charge in [-0.1, -0.05) is 6.07 Å². The summed E-state index contributed by atoms with van der Waals surface area (Å²) in [6, 6.07) is 4.82. The highest BCUT2D eigenvalue weighted by molar-refractivity contribution is 5.95. The first-order chi connectivity index (χ1) is 9.20. The van der Waals surface area contributed by atoms with Gasteiger partial charge in [0.2, 0.25) is 5.91 Å². The Morgan fingerprint density at radius 2 is 1.95 bits per heavy atom. The predicted molar refractivity (Wildman–Crippen MR) is 60.8 cm³/mol. The largest absolute Gasteiger partial charge is 0.471 e. The molecule has 0 aliphatic heterocycles. The lowest BCUT2D eigenvalue weighted by molar-refractivity contribution is -0.384. The van der Waals surface area contributed by atoms with Gasteiger partial charge < -0.3 is 10.6 Å². The SMILES string of the molecule is O=C(CNC(=O)C(F)(F)F)Nc1cccc([N+](=O)[O-])c1. The molecule has 20 heavy (non-hydrogen) atoms. The highest BCUT2D eigenvalue weighted by Crippen LogP contribution is 2.17. The molecule has 2 amide bonds. The van der Waals surface area contributed by atoms with Crippen LogP contribution >= 0.6 is 0 Å². The molecule has 0 spiro atoms. The number of nitro benzene ring substituents is 1. The van der Waals surface area contributed by atoms with Gasteiger partial charge in [0.1, 0.15) is 0 Å². The van der Waals surface area contributed by atoms with Crippen molar-refractivity contribution in [1.82, 2.24) is 5.32 Å². The Hall–Kier alpha value is -2.65. The summed E-state index contributed by atoms with van der Waals surface area (Å²) >= 11 is 0. The van der Waals surface area contributed by atoms with Crippen molar-refractivity contribution in [3.63, 3.8) is 0 Å². The molecule has 0 radical (unpaired) electrons. The van der Waals surface area contributed by atoms with Gasteiger partial charge in [-0.3, -0.25) is 19.7 Å². The van der Waals surface area contributed by atoms with Gasteiger partial charge in [0.25, 0.3) is 5.69 Å². The normalized spacial score (nSPS) is 10.8. The minimum atomic E-state index is -5.08. The minimum absolute atomic E-state index is 0.0328. The molecule has 7 nitrogen and oxygen atoms in total. The molecule has 0 aliphatic carbocycles. The number of nitrogens with one attached hydrogen (secondary N) is 2. The molecule has 0 aliphatic rings. The summed E-state index contributed by atoms with van der Waals surface area (Å²) < 4.78 is 35.5. The fraction of sp³-hybridized carbons (Fsp3) is 0.200. The van der Waals surface area contributed by atoms with Crippen molar-refractivity contribution >= 4 is 23.2 Å². The molecule has 0 aromatic heterocycles. The molecule has 0 saturated heterocycles. The van der Waals surface area contributed by atoms with Crippen molar-refractivity contribution in [3.8, 4) is 0 Å². The van der Waals surface area contributed by atoms with Crippen LogP contribution in [0.4, 0.5) is 24.5 Å². The monoisotopic (exact) mass is 291 g/mol. The lowest BCUT2D eigenvalue weighted by atomic mass is 10.3. The lowest BCUT2D eigenvalue weighted by Gasteiger charge is -2.08. The Morgan fingerprint density at radius 1 is 1.30 bits per heavy atom. The van der Waals surface area contributed by atoms with E-state index in [2.05, 4.69) is 5.32 Å². The molecule has 1 rings (SSSR count). The van der Waals surface area contributed by atoms with Crippen LogP contribution in [-0.2, 0) is 9.59 Å². The van der Waals surface area contributed by atoms with Gasteiger partial charge in [-0.15, -0.1) is 0 Å². The van der Waals surface area contributed by atoms with E-state index in [1.165, 1.54) is 23.5 Å². The molecule has 0 bridgehead atoms. The summed E-state index contributed by atoms with van der Waals surface area (Å²) in [5.74, 6) is -3.19. The number of alkyl halides is 3. The Kier molecular flexibility index (Phi) is 4.62. The van der Waals surface area contributed by atoms with Crippen LogP contribution in [-0.4, -0.2) is 29.5 Å². The second-order valence-corrected chi connectivity index (χ2v) is 3.54. The first-order valence-electron chi connectivity index (χ1n) is 5.09. The van der Waals surface area contributed by atoms with Crippen LogP contribution in [0.2, 0.25) is 0 Å². The van der Waals surface area contributed by atoms with E-state index in [0.717, 1.165) is 6.07 Å². The maximum atomic E-state index is 11.8. The Labute approximate surface area is 109 Å². The van der Waals surface area contributed by atoms with Crippen molar-refractivity contribution in [2.75, 3.05) is 11.9 Å². The number of nitrogens with zero attached hydrogens (tertiary/aromatic N) is 1. The average Bonchev–Trinajstić information content (AvgIpc) is 2.35. The van der Waals surface area contributed by atoms with Crippen LogP contribution in [0.25, 0.3) is 0 Å². The molecular weight excluding hydrogens is 283 g/mol. The second-order valence-electron chi connectivity index (χ2n) is 3.54. The molecular formula is C10H8F3N3O4. The number of rotatable bonds is 4. The van der Waals surface area contributed by atoms with Crippen LogP contribution in [0.5, 0.6) is 0 Å². The van der Waals surface area contributed by atoms with Crippen molar-refractivity contribution in [2.45, 2.75) is 6.18 Å². The first kappa shape index (κ1) is 15.4. The summed E-state index contributed by atoms with van der Waals surface area (Å²) in [6.45, 7) is -0.902. The van der Waals surface area contributed by atoms with Gasteiger partial charge >= 0.3 is 12.1 Å². The van der Waals surface area contributed by atoms with Crippen LogP contribution in [0.3, 0.4) is 0 Å². The maximum absolute atomic E-state index is 11.8. The van der Waals surface area contributed by atoms with E-state index in [-0.39, 0.29) is 11.4 Å². The molecule has 108 valence electrons. The molecule has 0 unspecified atom stereocenters. The third-order valence-electron chi connectivity index (χ3n) is 2.01. The van der Waals surface area contributed by atoms with Crippen molar-refractivity contribution in [2.24, 2.45) is 0 Å². The third kappa shape index (κ3) is 4.55. The van der Waals surface area contributed by atoms with Gasteiger partial charge in [0.15, 0.2) is 0 Å². The number of amides is 2. The van der Waals surface area contributed by atoms with E-state index < -0.39 is 29.5 Å². The van der Waals surface area contributed by atoms with Crippen molar-refractivity contribution in [1.29, 1.82) is 0 Å². The molecule has 0 heterocycles. The molecule has 0 saturated carbocycles. The van der Waals surface area contributed by atoms with Crippen LogP contribution in [0, 0.1) is 10.1 Å². The highest BCUT2D eigenvalue weighted by Gasteiger charge is 2.38. The number of hydrogen-bond acceptors (Lipinski definition) is 4. The zero-order valence-corrected chi connectivity index (χ0v) is 9.73. The zero-order chi connectivity index (χ0) is 15.3. The number of anilines is 1. The number of benzene rings is 1. The van der Waals surface area contributed by atoms with E-state index in [0.29, 0.717) is 0 Å². The van der Waals surface area contributed by atoms with Gasteiger partial charge in [0, 0.05) is 17.8 Å². The van der Waals surface area contributed by atoms with Gasteiger partial charge in [-0.25, -0.2) is 0 Å². The average molecular weight is 291 g/mol. The smallest absolute Gasteiger partial charge is 0.339 e. The predicted octanol–water partition coefficient (Wildman–Crippen LogP) is 1.21. The van der Waals surface area contributed by atoms with Gasteiger partial charge in [-0.05, 0) is 6.07 Å². The summed E-state index contributed by atoms with van der Waals surface area (Å²) in [5, 5.41) is 14.0. The molecule has 1 aromatic rings. The number of nitro groups is 1. The highest BCUT2D eigenvalue weighted by atomic mass is 19.4. The van der Waals surface area contributed by atoms with Crippen molar-refractivity contribution < 1.29 is 27.7 Å². The van der Waals surface area contributed by atoms with E-state index in [1.807, 2.05) is 0 Å². The Morgan fingerprint density at radius 3 is 2.50 bits per heavy atom. The number of carbonyl (C=O) groups is 2. The van der Waals surface area contributed by atoms with Gasteiger partial charge in [0.05, 0.1) is 11.5 Å². The maximum Gasteiger partial charge on any atom is 0.471 e. The lowest BCUT2D eigenvalue weighted by Crippen LogP contribution is -2.41. The Bertz CT molecular complexity index is 545. The topological polar surface area (TPSA) is 101 Å². The number of carbonyl (C=O) groups excluding carboxylic acids is 2. The summed E-state index contributed by atoms with van der Waals surface area (Å²) in [4.78, 5) is 31.5. The molecule has 0 fully saturated rings. The summed E-state index contributed by atoms with van der Waals surface area (Å²) in [5.41, 5.74) is -0.257. The third-order valence-corrected chi connectivity index (χ3v) is 2.01. The molecule has 0 atom stereocenters. The minimum Gasteiger partial charge on any atom is -0.339 e. The van der Waals surface area contributed by atoms with Crippen LogP contribution in [0.15, 0.2) is 24.3 Å². The zero-order valence-electron chi connectivity index (χ0n) is 9.73. The standard InChI is InChI=1S/C10H8F3N3O4/c11-10(12,13)9(18)14-5-8(17)15-6-2-1-3-7(4-6)16(19)20/h1-4H,5H2,(H,14,18)(H,15,17). The number of halogens is 3. The van der Waals surface area contributed by atoms with E-state index in [1.54, 1.807) is 0 Å². The summed E-state index contributed by atoms with van der Waals surface area (Å²) in [7, 11) is 0. The molecule has 1 aromatic carbocycles. The van der Waals surface area contributed by atoms with Crippen LogP contribution < -0.4 is 10.6 Å². The van der Waals surface area contributed by atoms with Gasteiger partial charge in [-0.2, -0.15) is 13.2 Å². The first-order valence-corrected chi connectivity index (χ1v) is 5.09.